The van der Waals surface area contributed by atoms with E-state index < -0.39 is 5.97 Å². The number of thioether (sulfide) groups is 1. The number of carbonyl (C=O) groups is 1. The van der Waals surface area contributed by atoms with Gasteiger partial charge in [0, 0.05) is 11.9 Å². The molecule has 1 aromatic heterocycles. The lowest BCUT2D eigenvalue weighted by Crippen LogP contribution is -1.96. The molecule has 3 nitrogen and oxygen atoms in total. The van der Waals surface area contributed by atoms with Crippen molar-refractivity contribution in [3.05, 3.63) is 58.8 Å². The molecule has 0 bridgehead atoms. The van der Waals surface area contributed by atoms with Gasteiger partial charge in [0.15, 0.2) is 0 Å². The molecule has 0 aliphatic heterocycles. The Morgan fingerprint density at radius 2 is 2.05 bits per heavy atom. The number of benzene rings is 1. The molecule has 0 spiro atoms. The van der Waals surface area contributed by atoms with Crippen LogP contribution < -0.4 is 0 Å². The SMILES string of the molecule is Cc1ccc(C)c(CSc2ccc(C(=O)O)cn2)c1. The summed E-state index contributed by atoms with van der Waals surface area (Å²) in [6.45, 7) is 4.17. The molecule has 1 N–H and O–H groups in total. The van der Waals surface area contributed by atoms with E-state index >= 15 is 0 Å². The van der Waals surface area contributed by atoms with Gasteiger partial charge in [0.05, 0.1) is 10.6 Å². The topological polar surface area (TPSA) is 50.2 Å². The molecule has 1 aromatic carbocycles. The molecule has 0 amide bonds. The molecule has 0 atom stereocenters. The van der Waals surface area contributed by atoms with E-state index in [0.29, 0.717) is 0 Å². The van der Waals surface area contributed by atoms with E-state index in [-0.39, 0.29) is 5.56 Å². The van der Waals surface area contributed by atoms with Gasteiger partial charge in [-0.05, 0) is 37.1 Å². The molecule has 2 rings (SSSR count). The number of carboxylic acids is 1. The van der Waals surface area contributed by atoms with Crippen LogP contribution in [0.3, 0.4) is 0 Å². The smallest absolute Gasteiger partial charge is 0.337 e. The molecule has 4 heteroatoms. The second-order valence-corrected chi connectivity index (χ2v) is 5.40. The highest BCUT2D eigenvalue weighted by Crippen LogP contribution is 2.23. The molecule has 0 saturated heterocycles. The van der Waals surface area contributed by atoms with Gasteiger partial charge in [-0.15, -0.1) is 11.8 Å². The zero-order chi connectivity index (χ0) is 13.8. The highest BCUT2D eigenvalue weighted by molar-refractivity contribution is 7.98. The monoisotopic (exact) mass is 273 g/mol. The summed E-state index contributed by atoms with van der Waals surface area (Å²) in [6, 6.07) is 9.73. The van der Waals surface area contributed by atoms with Crippen LogP contribution in [0.4, 0.5) is 0 Å². The average molecular weight is 273 g/mol. The van der Waals surface area contributed by atoms with Gasteiger partial charge in [-0.3, -0.25) is 0 Å². The van der Waals surface area contributed by atoms with E-state index in [1.165, 1.54) is 22.9 Å². The molecule has 0 unspecified atom stereocenters. The summed E-state index contributed by atoms with van der Waals surface area (Å²) in [7, 11) is 0. The van der Waals surface area contributed by atoms with E-state index in [0.717, 1.165) is 10.8 Å². The predicted molar refractivity (Wildman–Crippen MR) is 76.7 cm³/mol. The zero-order valence-electron chi connectivity index (χ0n) is 10.9. The lowest BCUT2D eigenvalue weighted by Gasteiger charge is -2.06. The molecule has 2 aromatic rings. The van der Waals surface area contributed by atoms with E-state index in [1.54, 1.807) is 23.9 Å². The van der Waals surface area contributed by atoms with Gasteiger partial charge in [-0.2, -0.15) is 0 Å². The Morgan fingerprint density at radius 1 is 1.26 bits per heavy atom. The lowest BCUT2D eigenvalue weighted by molar-refractivity contribution is 0.0696. The van der Waals surface area contributed by atoms with Crippen molar-refractivity contribution in [2.75, 3.05) is 0 Å². The van der Waals surface area contributed by atoms with Gasteiger partial charge >= 0.3 is 5.97 Å². The number of carboxylic acid groups (broad SMARTS) is 1. The number of hydrogen-bond donors (Lipinski definition) is 1. The molecule has 0 aliphatic rings. The van der Waals surface area contributed by atoms with Gasteiger partial charge in [-0.1, -0.05) is 23.8 Å². The molecule has 0 fully saturated rings. The quantitative estimate of drug-likeness (QED) is 0.863. The molecule has 19 heavy (non-hydrogen) atoms. The van der Waals surface area contributed by atoms with Crippen LogP contribution in [-0.4, -0.2) is 16.1 Å². The zero-order valence-corrected chi connectivity index (χ0v) is 11.7. The Hall–Kier alpha value is -1.81. The standard InChI is InChI=1S/C15H15NO2S/c1-10-3-4-11(2)13(7-10)9-19-14-6-5-12(8-16-14)15(17)18/h3-8H,9H2,1-2H3,(H,17,18). The van der Waals surface area contributed by atoms with Gasteiger partial charge in [0.25, 0.3) is 0 Å². The van der Waals surface area contributed by atoms with Gasteiger partial charge < -0.3 is 5.11 Å². The number of nitrogens with zero attached hydrogens (tertiary/aromatic N) is 1. The summed E-state index contributed by atoms with van der Waals surface area (Å²) in [4.78, 5) is 14.9. The first-order chi connectivity index (χ1) is 9.06. The Labute approximate surface area is 116 Å². The second-order valence-electron chi connectivity index (χ2n) is 4.41. The highest BCUT2D eigenvalue weighted by atomic mass is 32.2. The third-order valence-electron chi connectivity index (χ3n) is 2.86. The third-order valence-corrected chi connectivity index (χ3v) is 3.86. The van der Waals surface area contributed by atoms with Crippen molar-refractivity contribution in [2.24, 2.45) is 0 Å². The summed E-state index contributed by atoms with van der Waals surface area (Å²) >= 11 is 1.61. The minimum Gasteiger partial charge on any atom is -0.478 e. The predicted octanol–water partition coefficient (Wildman–Crippen LogP) is 3.69. The van der Waals surface area contributed by atoms with Gasteiger partial charge in [-0.25, -0.2) is 9.78 Å². The summed E-state index contributed by atoms with van der Waals surface area (Å²) < 4.78 is 0. The minimum atomic E-state index is -0.946. The Balaban J connectivity index is 2.06. The van der Waals surface area contributed by atoms with Gasteiger partial charge in [0.2, 0.25) is 0 Å². The van der Waals surface area contributed by atoms with Crippen LogP contribution in [0.25, 0.3) is 0 Å². The van der Waals surface area contributed by atoms with E-state index in [2.05, 4.69) is 37.0 Å². The fraction of sp³-hybridized carbons (Fsp3) is 0.200. The number of aromatic carboxylic acids is 1. The van der Waals surface area contributed by atoms with Crippen molar-refractivity contribution in [1.82, 2.24) is 4.98 Å². The van der Waals surface area contributed by atoms with Crippen LogP contribution in [0.15, 0.2) is 41.6 Å². The van der Waals surface area contributed by atoms with Crippen LogP contribution in [0, 0.1) is 13.8 Å². The average Bonchev–Trinajstić information content (AvgIpc) is 2.40. The number of hydrogen-bond acceptors (Lipinski definition) is 3. The maximum Gasteiger partial charge on any atom is 0.337 e. The molecule has 98 valence electrons. The Kier molecular flexibility index (Phi) is 4.22. The summed E-state index contributed by atoms with van der Waals surface area (Å²) in [5, 5.41) is 9.64. The number of pyridine rings is 1. The maximum absolute atomic E-state index is 10.7. The summed E-state index contributed by atoms with van der Waals surface area (Å²) in [5.74, 6) is -0.106. The molecule has 1 heterocycles. The van der Waals surface area contributed by atoms with Crippen molar-refractivity contribution in [1.29, 1.82) is 0 Å². The molecule has 0 aliphatic carbocycles. The number of rotatable bonds is 4. The van der Waals surface area contributed by atoms with Crippen LogP contribution in [0.5, 0.6) is 0 Å². The van der Waals surface area contributed by atoms with Crippen molar-refractivity contribution < 1.29 is 9.90 Å². The molecule has 0 radical (unpaired) electrons. The maximum atomic E-state index is 10.7. The fourth-order valence-electron chi connectivity index (χ4n) is 1.70. The van der Waals surface area contributed by atoms with E-state index in [1.807, 2.05) is 0 Å². The van der Waals surface area contributed by atoms with Crippen LogP contribution >= 0.6 is 11.8 Å². The van der Waals surface area contributed by atoms with Crippen molar-refractivity contribution in [3.8, 4) is 0 Å². The second kappa shape index (κ2) is 5.89. The minimum absolute atomic E-state index is 0.219. The van der Waals surface area contributed by atoms with Crippen molar-refractivity contribution in [2.45, 2.75) is 24.6 Å². The third kappa shape index (κ3) is 3.58. The summed E-state index contributed by atoms with van der Waals surface area (Å²) in [6.07, 6.45) is 1.40. The van der Waals surface area contributed by atoms with Gasteiger partial charge in [0.1, 0.15) is 0 Å². The van der Waals surface area contributed by atoms with Crippen LogP contribution in [0.1, 0.15) is 27.0 Å². The largest absolute Gasteiger partial charge is 0.478 e. The number of aromatic nitrogens is 1. The lowest BCUT2D eigenvalue weighted by atomic mass is 10.1. The fourth-order valence-corrected chi connectivity index (χ4v) is 2.61. The molecular formula is C15H15NO2S. The van der Waals surface area contributed by atoms with Crippen molar-refractivity contribution in [3.63, 3.8) is 0 Å². The first-order valence-corrected chi connectivity index (χ1v) is 6.93. The van der Waals surface area contributed by atoms with Crippen molar-refractivity contribution >= 4 is 17.7 Å². The summed E-state index contributed by atoms with van der Waals surface area (Å²) in [5.41, 5.74) is 4.01. The van der Waals surface area contributed by atoms with E-state index in [4.69, 9.17) is 5.11 Å². The first-order valence-electron chi connectivity index (χ1n) is 5.94. The Bertz CT molecular complexity index is 594. The van der Waals surface area contributed by atoms with E-state index in [9.17, 15) is 4.79 Å². The first kappa shape index (κ1) is 13.6. The normalized spacial score (nSPS) is 10.4. The Morgan fingerprint density at radius 3 is 2.68 bits per heavy atom. The number of aryl methyl sites for hydroxylation is 2. The molecular weight excluding hydrogens is 258 g/mol. The van der Waals surface area contributed by atoms with Crippen LogP contribution in [-0.2, 0) is 5.75 Å². The van der Waals surface area contributed by atoms with Crippen LogP contribution in [0.2, 0.25) is 0 Å². The molecule has 0 saturated carbocycles. The highest BCUT2D eigenvalue weighted by Gasteiger charge is 2.04.